The maximum Gasteiger partial charge on any atom is 0.312 e. The van der Waals surface area contributed by atoms with Crippen LogP contribution in [0.2, 0.25) is 0 Å². The van der Waals surface area contributed by atoms with E-state index in [1.54, 1.807) is 23.7 Å². The number of pyridine rings is 1. The molecule has 0 aliphatic rings. The normalized spacial score (nSPS) is 11.2. The monoisotopic (exact) mass is 394 g/mol. The number of carbonyl (C=O) groups is 2. The molecule has 0 saturated heterocycles. The van der Waals surface area contributed by atoms with Crippen LogP contribution in [-0.2, 0) is 21.4 Å². The summed E-state index contributed by atoms with van der Waals surface area (Å²) in [5, 5.41) is 2.55. The molecule has 0 N–H and O–H groups in total. The van der Waals surface area contributed by atoms with Gasteiger partial charge in [0.1, 0.15) is 5.01 Å². The molecule has 0 fully saturated rings. The second-order valence-corrected chi connectivity index (χ2v) is 8.31. The standard InChI is InChI=1S/C22H22N2O3S/c1-22(2,3)16-9-7-15(8-10-16)19(25)13-27-20(26)12-17-14-28-21(24-17)18-6-4-5-11-23-18/h4-11,14H,12-13H2,1-3H3. The molecule has 3 rings (SSSR count). The number of hydrogen-bond donors (Lipinski definition) is 0. The van der Waals surface area contributed by atoms with E-state index in [4.69, 9.17) is 4.74 Å². The number of thiazole rings is 1. The van der Waals surface area contributed by atoms with Gasteiger partial charge in [0.2, 0.25) is 0 Å². The summed E-state index contributed by atoms with van der Waals surface area (Å²) in [5.41, 5.74) is 3.08. The SMILES string of the molecule is CC(C)(C)c1ccc(C(=O)COC(=O)Cc2csc(-c3ccccn3)n2)cc1. The summed E-state index contributed by atoms with van der Waals surface area (Å²) in [4.78, 5) is 33.0. The van der Waals surface area contributed by atoms with Gasteiger partial charge in [-0.25, -0.2) is 4.98 Å². The van der Waals surface area contributed by atoms with Crippen molar-refractivity contribution in [3.05, 3.63) is 70.9 Å². The summed E-state index contributed by atoms with van der Waals surface area (Å²) in [6.45, 7) is 6.07. The lowest BCUT2D eigenvalue weighted by Gasteiger charge is -2.18. The van der Waals surface area contributed by atoms with Crippen LogP contribution in [0.1, 0.15) is 42.4 Å². The number of rotatable bonds is 6. The highest BCUT2D eigenvalue weighted by atomic mass is 32.1. The van der Waals surface area contributed by atoms with Gasteiger partial charge in [-0.05, 0) is 23.1 Å². The Hall–Kier alpha value is -2.86. The van der Waals surface area contributed by atoms with Gasteiger partial charge in [0.05, 0.1) is 17.8 Å². The lowest BCUT2D eigenvalue weighted by Crippen LogP contribution is -2.16. The number of Topliss-reactive ketones (excluding diaryl/α,β-unsaturated/α-hetero) is 1. The molecule has 5 nitrogen and oxygen atoms in total. The zero-order valence-corrected chi connectivity index (χ0v) is 17.0. The number of carbonyl (C=O) groups excluding carboxylic acids is 2. The topological polar surface area (TPSA) is 69.2 Å². The van der Waals surface area contributed by atoms with Gasteiger partial charge in [-0.1, -0.05) is 51.1 Å². The molecule has 1 aromatic carbocycles. The van der Waals surface area contributed by atoms with Crippen molar-refractivity contribution >= 4 is 23.1 Å². The van der Waals surface area contributed by atoms with Gasteiger partial charge in [0.25, 0.3) is 0 Å². The summed E-state index contributed by atoms with van der Waals surface area (Å²) in [6.07, 6.45) is 1.73. The molecule has 2 heterocycles. The Bertz CT molecular complexity index is 957. The third-order valence-electron chi connectivity index (χ3n) is 4.20. The molecule has 0 saturated carbocycles. The number of ether oxygens (including phenoxy) is 1. The number of ketones is 1. The van der Waals surface area contributed by atoms with E-state index in [2.05, 4.69) is 30.7 Å². The molecule has 0 spiro atoms. The van der Waals surface area contributed by atoms with Crippen LogP contribution in [0.15, 0.2) is 54.0 Å². The van der Waals surface area contributed by atoms with Crippen LogP contribution in [-0.4, -0.2) is 28.3 Å². The van der Waals surface area contributed by atoms with Crippen LogP contribution in [0, 0.1) is 0 Å². The van der Waals surface area contributed by atoms with Crippen molar-refractivity contribution in [3.63, 3.8) is 0 Å². The molecule has 6 heteroatoms. The van der Waals surface area contributed by atoms with Crippen molar-refractivity contribution in [2.45, 2.75) is 32.6 Å². The Morgan fingerprint density at radius 2 is 1.82 bits per heavy atom. The van der Waals surface area contributed by atoms with Crippen LogP contribution >= 0.6 is 11.3 Å². The third kappa shape index (κ3) is 5.10. The van der Waals surface area contributed by atoms with Crippen molar-refractivity contribution in [2.24, 2.45) is 0 Å². The van der Waals surface area contributed by atoms with Crippen molar-refractivity contribution in [3.8, 4) is 10.7 Å². The van der Waals surface area contributed by atoms with Gasteiger partial charge in [0.15, 0.2) is 12.4 Å². The average Bonchev–Trinajstić information content (AvgIpc) is 3.14. The fraction of sp³-hybridized carbons (Fsp3) is 0.273. The van der Waals surface area contributed by atoms with Crippen molar-refractivity contribution in [1.82, 2.24) is 9.97 Å². The van der Waals surface area contributed by atoms with E-state index >= 15 is 0 Å². The maximum atomic E-state index is 12.3. The van der Waals surface area contributed by atoms with Crippen molar-refractivity contribution in [2.75, 3.05) is 6.61 Å². The molecule has 0 atom stereocenters. The largest absolute Gasteiger partial charge is 0.457 e. The molecule has 144 valence electrons. The van der Waals surface area contributed by atoms with Gasteiger partial charge < -0.3 is 4.74 Å². The molecule has 0 unspecified atom stereocenters. The predicted octanol–water partition coefficient (Wildman–Crippen LogP) is 4.47. The lowest BCUT2D eigenvalue weighted by atomic mass is 9.86. The number of benzene rings is 1. The lowest BCUT2D eigenvalue weighted by molar-refractivity contribution is -0.141. The predicted molar refractivity (Wildman–Crippen MR) is 109 cm³/mol. The molecule has 0 radical (unpaired) electrons. The van der Waals surface area contributed by atoms with Gasteiger partial charge >= 0.3 is 5.97 Å². The Labute approximate surface area is 168 Å². The van der Waals surface area contributed by atoms with E-state index in [1.165, 1.54) is 11.3 Å². The van der Waals surface area contributed by atoms with E-state index in [0.29, 0.717) is 11.3 Å². The fourth-order valence-corrected chi connectivity index (χ4v) is 3.37. The fourth-order valence-electron chi connectivity index (χ4n) is 2.58. The number of hydrogen-bond acceptors (Lipinski definition) is 6. The van der Waals surface area contributed by atoms with Crippen LogP contribution in [0.5, 0.6) is 0 Å². The number of nitrogens with zero attached hydrogens (tertiary/aromatic N) is 2. The molecule has 0 aliphatic carbocycles. The minimum absolute atomic E-state index is 0.0235. The number of aromatic nitrogens is 2. The van der Waals surface area contributed by atoms with Crippen molar-refractivity contribution in [1.29, 1.82) is 0 Å². The summed E-state index contributed by atoms with van der Waals surface area (Å²) >= 11 is 1.42. The molecule has 0 bridgehead atoms. The van der Waals surface area contributed by atoms with Crippen LogP contribution in [0.3, 0.4) is 0 Å². The smallest absolute Gasteiger partial charge is 0.312 e. The first-order valence-electron chi connectivity index (χ1n) is 8.98. The number of esters is 1. The second kappa shape index (κ2) is 8.44. The van der Waals surface area contributed by atoms with Crippen LogP contribution < -0.4 is 0 Å². The zero-order valence-electron chi connectivity index (χ0n) is 16.1. The first kappa shape index (κ1) is 19.9. The quantitative estimate of drug-likeness (QED) is 0.456. The van der Waals surface area contributed by atoms with E-state index in [9.17, 15) is 9.59 Å². The average molecular weight is 394 g/mol. The molecular weight excluding hydrogens is 372 g/mol. The van der Waals surface area contributed by atoms with Gasteiger partial charge in [-0.15, -0.1) is 11.3 Å². The summed E-state index contributed by atoms with van der Waals surface area (Å²) in [5.74, 6) is -0.696. The summed E-state index contributed by atoms with van der Waals surface area (Å²) < 4.78 is 5.14. The first-order valence-corrected chi connectivity index (χ1v) is 9.86. The second-order valence-electron chi connectivity index (χ2n) is 7.45. The molecule has 2 aromatic heterocycles. The van der Waals surface area contributed by atoms with Gasteiger partial charge in [0, 0.05) is 17.1 Å². The van der Waals surface area contributed by atoms with E-state index in [0.717, 1.165) is 16.3 Å². The highest BCUT2D eigenvalue weighted by molar-refractivity contribution is 7.13. The Morgan fingerprint density at radius 3 is 2.46 bits per heavy atom. The minimum atomic E-state index is -0.475. The third-order valence-corrected chi connectivity index (χ3v) is 5.11. The Morgan fingerprint density at radius 1 is 1.07 bits per heavy atom. The molecule has 0 aliphatic heterocycles. The zero-order chi connectivity index (χ0) is 20.1. The minimum Gasteiger partial charge on any atom is -0.457 e. The van der Waals surface area contributed by atoms with Crippen LogP contribution in [0.4, 0.5) is 0 Å². The van der Waals surface area contributed by atoms with Gasteiger partial charge in [-0.3, -0.25) is 14.6 Å². The molecule has 28 heavy (non-hydrogen) atoms. The molecule has 0 amide bonds. The highest BCUT2D eigenvalue weighted by Crippen LogP contribution is 2.23. The summed E-state index contributed by atoms with van der Waals surface area (Å²) in [6, 6.07) is 13.0. The van der Waals surface area contributed by atoms with E-state index in [1.807, 2.05) is 30.3 Å². The Kier molecular flexibility index (Phi) is 5.99. The van der Waals surface area contributed by atoms with Gasteiger partial charge in [-0.2, -0.15) is 0 Å². The van der Waals surface area contributed by atoms with Crippen molar-refractivity contribution < 1.29 is 14.3 Å². The highest BCUT2D eigenvalue weighted by Gasteiger charge is 2.16. The first-order chi connectivity index (χ1) is 13.3. The maximum absolute atomic E-state index is 12.3. The molecular formula is C22H22N2O3S. The molecule has 3 aromatic rings. The van der Waals surface area contributed by atoms with E-state index in [-0.39, 0.29) is 24.2 Å². The Balaban J connectivity index is 1.53. The summed E-state index contributed by atoms with van der Waals surface area (Å²) in [7, 11) is 0. The van der Waals surface area contributed by atoms with E-state index < -0.39 is 5.97 Å². The van der Waals surface area contributed by atoms with Crippen LogP contribution in [0.25, 0.3) is 10.7 Å².